The van der Waals surface area contributed by atoms with Gasteiger partial charge in [0.1, 0.15) is 0 Å². The van der Waals surface area contributed by atoms with Crippen molar-refractivity contribution in [2.75, 3.05) is 0 Å². The summed E-state index contributed by atoms with van der Waals surface area (Å²) in [5.74, 6) is 6.57. The summed E-state index contributed by atoms with van der Waals surface area (Å²) in [6, 6.07) is 0. The third kappa shape index (κ3) is 3.19. The molecule has 19 heavy (non-hydrogen) atoms. The fourth-order valence-electron chi connectivity index (χ4n) is 5.66. The quantitative estimate of drug-likeness (QED) is 0.568. The fraction of sp³-hybridized carbons (Fsp3) is 1.00. The Morgan fingerprint density at radius 1 is 0.632 bits per heavy atom. The van der Waals surface area contributed by atoms with Crippen molar-refractivity contribution in [1.29, 1.82) is 0 Å². The van der Waals surface area contributed by atoms with Gasteiger partial charge in [-0.05, 0) is 80.5 Å². The summed E-state index contributed by atoms with van der Waals surface area (Å²) >= 11 is 0. The summed E-state index contributed by atoms with van der Waals surface area (Å²) in [6.45, 7) is 4.87. The number of rotatable bonds is 2. The SMILES string of the molecule is CCC1CCC(C2CCC3CC(C)CCC3C2)CC1. The standard InChI is InChI=1S/C19H34/c1-3-15-5-8-16(9-6-15)18-11-10-17-12-14(2)4-7-19(17)13-18/h14-19H,3-13H2,1-2H3. The Balaban J connectivity index is 1.51. The van der Waals surface area contributed by atoms with E-state index in [1.54, 1.807) is 57.8 Å². The van der Waals surface area contributed by atoms with E-state index in [1.807, 2.05) is 0 Å². The van der Waals surface area contributed by atoms with Gasteiger partial charge in [-0.3, -0.25) is 0 Å². The molecule has 0 amide bonds. The van der Waals surface area contributed by atoms with E-state index in [1.165, 1.54) is 12.8 Å². The van der Waals surface area contributed by atoms with E-state index in [2.05, 4.69) is 13.8 Å². The molecule has 0 heteroatoms. The highest BCUT2D eigenvalue weighted by Crippen LogP contribution is 2.49. The maximum atomic E-state index is 2.48. The van der Waals surface area contributed by atoms with Crippen LogP contribution < -0.4 is 0 Å². The molecule has 3 rings (SSSR count). The van der Waals surface area contributed by atoms with E-state index in [4.69, 9.17) is 0 Å². The number of fused-ring (bicyclic) bond motifs is 1. The molecule has 0 spiro atoms. The Kier molecular flexibility index (Phi) is 4.54. The van der Waals surface area contributed by atoms with Gasteiger partial charge in [-0.1, -0.05) is 39.5 Å². The topological polar surface area (TPSA) is 0 Å². The Labute approximate surface area is 120 Å². The minimum absolute atomic E-state index is 1.03. The fourth-order valence-corrected chi connectivity index (χ4v) is 5.66. The molecule has 0 nitrogen and oxygen atoms in total. The predicted octanol–water partition coefficient (Wildman–Crippen LogP) is 6.06. The molecule has 3 saturated carbocycles. The van der Waals surface area contributed by atoms with Crippen molar-refractivity contribution in [2.45, 2.75) is 84.5 Å². The van der Waals surface area contributed by atoms with Gasteiger partial charge in [-0.25, -0.2) is 0 Å². The van der Waals surface area contributed by atoms with Crippen molar-refractivity contribution < 1.29 is 0 Å². The molecule has 4 atom stereocenters. The van der Waals surface area contributed by atoms with Crippen LogP contribution in [0.25, 0.3) is 0 Å². The van der Waals surface area contributed by atoms with Crippen molar-refractivity contribution in [1.82, 2.24) is 0 Å². The third-order valence-electron chi connectivity index (χ3n) is 7.05. The molecular formula is C19H34. The molecule has 0 aliphatic heterocycles. The van der Waals surface area contributed by atoms with Crippen LogP contribution in [0.2, 0.25) is 0 Å². The van der Waals surface area contributed by atoms with E-state index >= 15 is 0 Å². The smallest absolute Gasteiger partial charge is 0.0383 e. The van der Waals surface area contributed by atoms with Crippen molar-refractivity contribution in [2.24, 2.45) is 35.5 Å². The lowest BCUT2D eigenvalue weighted by atomic mass is 9.61. The maximum absolute atomic E-state index is 2.48. The second kappa shape index (κ2) is 6.19. The van der Waals surface area contributed by atoms with Crippen LogP contribution in [0.15, 0.2) is 0 Å². The molecule has 3 fully saturated rings. The predicted molar refractivity (Wildman–Crippen MR) is 83.1 cm³/mol. The van der Waals surface area contributed by atoms with Gasteiger partial charge < -0.3 is 0 Å². The van der Waals surface area contributed by atoms with E-state index in [0.717, 1.165) is 35.5 Å². The van der Waals surface area contributed by atoms with Crippen LogP contribution in [-0.2, 0) is 0 Å². The van der Waals surface area contributed by atoms with Crippen LogP contribution >= 0.6 is 0 Å². The van der Waals surface area contributed by atoms with Gasteiger partial charge in [0, 0.05) is 0 Å². The van der Waals surface area contributed by atoms with Crippen LogP contribution in [0, 0.1) is 35.5 Å². The molecule has 0 saturated heterocycles. The number of hydrogen-bond acceptors (Lipinski definition) is 0. The minimum Gasteiger partial charge on any atom is -0.0651 e. The van der Waals surface area contributed by atoms with Crippen LogP contribution in [0.1, 0.15) is 84.5 Å². The highest BCUT2D eigenvalue weighted by molar-refractivity contribution is 4.88. The van der Waals surface area contributed by atoms with Gasteiger partial charge in [0.05, 0.1) is 0 Å². The largest absolute Gasteiger partial charge is 0.0651 e. The molecule has 0 heterocycles. The van der Waals surface area contributed by atoms with Gasteiger partial charge in [0.15, 0.2) is 0 Å². The van der Waals surface area contributed by atoms with Gasteiger partial charge >= 0.3 is 0 Å². The van der Waals surface area contributed by atoms with Crippen molar-refractivity contribution in [3.05, 3.63) is 0 Å². The summed E-state index contributed by atoms with van der Waals surface area (Å²) in [5, 5.41) is 0. The molecular weight excluding hydrogens is 228 g/mol. The second-order valence-electron chi connectivity index (χ2n) is 8.20. The minimum atomic E-state index is 1.03. The molecule has 0 aromatic rings. The highest BCUT2D eigenvalue weighted by atomic mass is 14.4. The Bertz CT molecular complexity index is 274. The van der Waals surface area contributed by atoms with Crippen LogP contribution in [0.4, 0.5) is 0 Å². The third-order valence-corrected chi connectivity index (χ3v) is 7.05. The maximum Gasteiger partial charge on any atom is -0.0383 e. The molecule has 4 unspecified atom stereocenters. The van der Waals surface area contributed by atoms with E-state index in [9.17, 15) is 0 Å². The summed E-state index contributed by atoms with van der Waals surface area (Å²) in [7, 11) is 0. The first kappa shape index (κ1) is 14.0. The lowest BCUT2D eigenvalue weighted by Gasteiger charge is -2.45. The second-order valence-corrected chi connectivity index (χ2v) is 8.20. The first-order valence-corrected chi connectivity index (χ1v) is 9.26. The first-order valence-electron chi connectivity index (χ1n) is 9.26. The normalized spacial score (nSPS) is 47.7. The number of hydrogen-bond donors (Lipinski definition) is 0. The Morgan fingerprint density at radius 2 is 1.16 bits per heavy atom. The molecule has 3 aliphatic carbocycles. The zero-order valence-electron chi connectivity index (χ0n) is 13.2. The van der Waals surface area contributed by atoms with Crippen molar-refractivity contribution in [3.63, 3.8) is 0 Å². The molecule has 0 N–H and O–H groups in total. The van der Waals surface area contributed by atoms with Gasteiger partial charge in [-0.2, -0.15) is 0 Å². The van der Waals surface area contributed by atoms with Gasteiger partial charge in [-0.15, -0.1) is 0 Å². The van der Waals surface area contributed by atoms with E-state index in [-0.39, 0.29) is 0 Å². The zero-order chi connectivity index (χ0) is 13.2. The molecule has 0 radical (unpaired) electrons. The zero-order valence-corrected chi connectivity index (χ0v) is 13.2. The summed E-state index contributed by atoms with van der Waals surface area (Å²) in [5.41, 5.74) is 0. The Hall–Kier alpha value is 0. The van der Waals surface area contributed by atoms with Crippen LogP contribution in [-0.4, -0.2) is 0 Å². The van der Waals surface area contributed by atoms with Crippen molar-refractivity contribution >= 4 is 0 Å². The summed E-state index contributed by atoms with van der Waals surface area (Å²) in [6.07, 6.45) is 17.1. The molecule has 0 bridgehead atoms. The average Bonchev–Trinajstić information content (AvgIpc) is 2.47. The monoisotopic (exact) mass is 262 g/mol. The van der Waals surface area contributed by atoms with Crippen molar-refractivity contribution in [3.8, 4) is 0 Å². The van der Waals surface area contributed by atoms with Gasteiger partial charge in [0.2, 0.25) is 0 Å². The average molecular weight is 262 g/mol. The Morgan fingerprint density at radius 3 is 1.84 bits per heavy atom. The molecule has 110 valence electrons. The molecule has 0 aromatic heterocycles. The first-order chi connectivity index (χ1) is 9.26. The van der Waals surface area contributed by atoms with E-state index < -0.39 is 0 Å². The van der Waals surface area contributed by atoms with Crippen LogP contribution in [0.3, 0.4) is 0 Å². The lowest BCUT2D eigenvalue weighted by Crippen LogP contribution is -2.34. The molecule has 0 aromatic carbocycles. The summed E-state index contributed by atoms with van der Waals surface area (Å²) in [4.78, 5) is 0. The highest BCUT2D eigenvalue weighted by Gasteiger charge is 2.37. The summed E-state index contributed by atoms with van der Waals surface area (Å²) < 4.78 is 0. The van der Waals surface area contributed by atoms with E-state index in [0.29, 0.717) is 0 Å². The molecule has 3 aliphatic rings. The lowest BCUT2D eigenvalue weighted by molar-refractivity contribution is 0.0633. The van der Waals surface area contributed by atoms with Crippen LogP contribution in [0.5, 0.6) is 0 Å². The van der Waals surface area contributed by atoms with Gasteiger partial charge in [0.25, 0.3) is 0 Å².